The predicted octanol–water partition coefficient (Wildman–Crippen LogP) is 13.7. The van der Waals surface area contributed by atoms with Gasteiger partial charge in [-0.1, -0.05) is 244 Å². The molecule has 3 nitrogen and oxygen atoms in total. The average molecular weight is 846 g/mol. The molecule has 1 unspecified atom stereocenters. The van der Waals surface area contributed by atoms with Gasteiger partial charge in [0.1, 0.15) is 0 Å². The van der Waals surface area contributed by atoms with Crippen LogP contribution >= 0.6 is 0 Å². The number of nitrogens with zero attached hydrogens (tertiary/aromatic N) is 3. The molecule has 0 radical (unpaired) electrons. The molecule has 0 bridgehead atoms. The van der Waals surface area contributed by atoms with E-state index in [0.717, 1.165) is 22.3 Å². The highest BCUT2D eigenvalue weighted by atomic mass is 28.3. The second kappa shape index (κ2) is 15.8. The van der Waals surface area contributed by atoms with Crippen molar-refractivity contribution in [2.45, 2.75) is 44.7 Å². The van der Waals surface area contributed by atoms with E-state index in [1.54, 1.807) is 0 Å². The summed E-state index contributed by atoms with van der Waals surface area (Å²) in [6.45, 7) is 14.8. The van der Waals surface area contributed by atoms with E-state index in [0.29, 0.717) is 17.5 Å². The third-order valence-corrected chi connectivity index (χ3v) is 16.8. The van der Waals surface area contributed by atoms with Crippen LogP contribution < -0.4 is 10.4 Å². The highest BCUT2D eigenvalue weighted by Gasteiger charge is 2.46. The third kappa shape index (κ3) is 7.31. The summed E-state index contributed by atoms with van der Waals surface area (Å²) in [4.78, 5) is 15.1. The van der Waals surface area contributed by atoms with Gasteiger partial charge in [-0.3, -0.25) is 0 Å². The monoisotopic (exact) mass is 845 g/mol. The van der Waals surface area contributed by atoms with E-state index in [9.17, 15) is 0 Å². The molecule has 1 heterocycles. The van der Waals surface area contributed by atoms with Crippen LogP contribution in [0.5, 0.6) is 0 Å². The molecule has 10 rings (SSSR count). The highest BCUT2D eigenvalue weighted by molar-refractivity contribution is 6.91. The summed E-state index contributed by atoms with van der Waals surface area (Å²) in [5, 5.41) is 3.06. The largest absolute Gasteiger partial charge is 0.208 e. The molecular formula is C58H51N3Si2. The topological polar surface area (TPSA) is 38.7 Å². The lowest BCUT2D eigenvalue weighted by molar-refractivity contribution is 0.769. The molecule has 0 spiro atoms. The van der Waals surface area contributed by atoms with Crippen LogP contribution in [0.4, 0.5) is 0 Å². The van der Waals surface area contributed by atoms with E-state index in [4.69, 9.17) is 15.0 Å². The van der Waals surface area contributed by atoms with Crippen LogP contribution in [-0.4, -0.2) is 31.1 Å². The van der Waals surface area contributed by atoms with Gasteiger partial charge in [0, 0.05) is 16.7 Å². The number of hydrogen-bond donors (Lipinski definition) is 0. The van der Waals surface area contributed by atoms with Gasteiger partial charge in [0.25, 0.3) is 0 Å². The third-order valence-electron chi connectivity index (χ3n) is 12.7. The first-order valence-electron chi connectivity index (χ1n) is 22.0. The van der Waals surface area contributed by atoms with Crippen LogP contribution in [-0.2, 0) is 5.41 Å². The minimum Gasteiger partial charge on any atom is -0.208 e. The molecule has 0 N–H and O–H groups in total. The van der Waals surface area contributed by atoms with Crippen LogP contribution in [0.1, 0.15) is 22.3 Å². The van der Waals surface area contributed by atoms with Crippen molar-refractivity contribution >= 4 is 26.5 Å². The molecular weight excluding hydrogens is 795 g/mol. The maximum absolute atomic E-state index is 5.09. The Labute approximate surface area is 374 Å². The van der Waals surface area contributed by atoms with Crippen LogP contribution in [0.2, 0.25) is 39.3 Å². The molecule has 0 saturated carbocycles. The smallest absolute Gasteiger partial charge is 0.164 e. The van der Waals surface area contributed by atoms with E-state index < -0.39 is 21.6 Å². The van der Waals surface area contributed by atoms with Gasteiger partial charge in [-0.2, -0.15) is 0 Å². The van der Waals surface area contributed by atoms with E-state index >= 15 is 0 Å². The van der Waals surface area contributed by atoms with Gasteiger partial charge in [-0.05, 0) is 61.7 Å². The fourth-order valence-electron chi connectivity index (χ4n) is 9.38. The summed E-state index contributed by atoms with van der Waals surface area (Å²) in [7, 11) is -3.11. The lowest BCUT2D eigenvalue weighted by Crippen LogP contribution is -2.45. The van der Waals surface area contributed by atoms with Crippen molar-refractivity contribution in [2.24, 2.45) is 0 Å². The van der Waals surface area contributed by atoms with Crippen molar-refractivity contribution in [3.8, 4) is 67.5 Å². The van der Waals surface area contributed by atoms with Gasteiger partial charge in [-0.25, -0.2) is 15.0 Å². The minimum atomic E-state index is -1.55. The Morgan fingerprint density at radius 2 is 0.762 bits per heavy atom. The summed E-state index contributed by atoms with van der Waals surface area (Å²) in [6.07, 6.45) is 0. The van der Waals surface area contributed by atoms with Crippen molar-refractivity contribution in [1.29, 1.82) is 0 Å². The van der Waals surface area contributed by atoms with E-state index in [2.05, 4.69) is 203 Å². The zero-order valence-electron chi connectivity index (χ0n) is 36.9. The van der Waals surface area contributed by atoms with E-state index in [-0.39, 0.29) is 0 Å². The quantitative estimate of drug-likeness (QED) is 0.136. The Bertz CT molecular complexity index is 3020. The summed E-state index contributed by atoms with van der Waals surface area (Å²) in [6, 6.07) is 73.1. The van der Waals surface area contributed by atoms with E-state index in [1.807, 2.05) is 36.4 Å². The van der Waals surface area contributed by atoms with Crippen LogP contribution in [0.3, 0.4) is 0 Å². The maximum atomic E-state index is 5.09. The first-order valence-corrected chi connectivity index (χ1v) is 29.0. The predicted molar refractivity (Wildman–Crippen MR) is 270 cm³/mol. The number of benzene rings is 8. The average Bonchev–Trinajstić information content (AvgIpc) is 3.63. The molecule has 1 aliphatic carbocycles. The molecule has 8 aromatic carbocycles. The standard InChI is InChI=1S/C58H51N3Si2/c1-62(2,3)48-37-45(38-49(39-48)63(4,5)6)40-32-34-47(35-33-40)58(46-26-14-9-15-27-46)52-30-17-16-28-51(52)54-50(29-19-31-53(54)58)43-24-18-25-44(36-43)57-60-55(41-20-10-7-11-21-41)59-56(61-57)42-22-12-8-13-23-42/h7-39H,1-6H3. The fraction of sp³-hybridized carbons (Fsp3) is 0.121. The fourth-order valence-corrected chi connectivity index (χ4v) is 11.9. The zero-order chi connectivity index (χ0) is 43.3. The molecule has 1 aliphatic rings. The Morgan fingerprint density at radius 3 is 1.35 bits per heavy atom. The summed E-state index contributed by atoms with van der Waals surface area (Å²) >= 11 is 0. The maximum Gasteiger partial charge on any atom is 0.164 e. The van der Waals surface area contributed by atoms with Crippen LogP contribution in [0.25, 0.3) is 67.5 Å². The molecule has 0 fully saturated rings. The van der Waals surface area contributed by atoms with Crippen molar-refractivity contribution in [3.63, 3.8) is 0 Å². The highest BCUT2D eigenvalue weighted by Crippen LogP contribution is 2.58. The Balaban J connectivity index is 1.14. The molecule has 0 saturated heterocycles. The molecule has 9 aromatic rings. The number of fused-ring (bicyclic) bond motifs is 3. The number of hydrogen-bond acceptors (Lipinski definition) is 3. The van der Waals surface area contributed by atoms with Crippen molar-refractivity contribution in [3.05, 3.63) is 222 Å². The Morgan fingerprint density at radius 1 is 0.317 bits per heavy atom. The van der Waals surface area contributed by atoms with Crippen molar-refractivity contribution in [2.75, 3.05) is 0 Å². The molecule has 1 atom stereocenters. The normalized spacial score (nSPS) is 14.6. The second-order valence-electron chi connectivity index (χ2n) is 18.9. The van der Waals surface area contributed by atoms with Gasteiger partial charge in [0.2, 0.25) is 0 Å². The lowest BCUT2D eigenvalue weighted by atomic mass is 9.67. The second-order valence-corrected chi connectivity index (χ2v) is 29.0. The van der Waals surface area contributed by atoms with E-state index in [1.165, 1.54) is 60.4 Å². The lowest BCUT2D eigenvalue weighted by Gasteiger charge is -2.34. The summed E-state index contributed by atoms with van der Waals surface area (Å²) in [5.74, 6) is 1.94. The number of rotatable bonds is 9. The molecule has 0 aliphatic heterocycles. The van der Waals surface area contributed by atoms with Gasteiger partial charge in [0.15, 0.2) is 17.5 Å². The van der Waals surface area contributed by atoms with Gasteiger partial charge in [-0.15, -0.1) is 0 Å². The summed E-state index contributed by atoms with van der Waals surface area (Å²) < 4.78 is 0. The molecule has 1 aromatic heterocycles. The van der Waals surface area contributed by atoms with Gasteiger partial charge < -0.3 is 0 Å². The van der Waals surface area contributed by atoms with Crippen molar-refractivity contribution in [1.82, 2.24) is 15.0 Å². The Kier molecular flexibility index (Phi) is 10.1. The SMILES string of the molecule is C[Si](C)(C)c1cc(-c2ccc(C3(c4ccccc4)c4ccccc4-c4c(-c5cccc(-c6nc(-c7ccccc7)nc(-c7ccccc7)n6)c5)cccc43)cc2)cc([Si](C)(C)C)c1. The van der Waals surface area contributed by atoms with Crippen LogP contribution in [0.15, 0.2) is 200 Å². The first-order chi connectivity index (χ1) is 30.5. The van der Waals surface area contributed by atoms with Gasteiger partial charge in [0.05, 0.1) is 21.6 Å². The molecule has 0 amide bonds. The molecule has 5 heteroatoms. The van der Waals surface area contributed by atoms with Crippen LogP contribution in [0, 0.1) is 0 Å². The first kappa shape index (κ1) is 40.3. The number of aromatic nitrogens is 3. The Hall–Kier alpha value is -6.80. The zero-order valence-corrected chi connectivity index (χ0v) is 38.9. The minimum absolute atomic E-state index is 0.535. The van der Waals surface area contributed by atoms with Gasteiger partial charge >= 0.3 is 0 Å². The molecule has 63 heavy (non-hydrogen) atoms. The summed E-state index contributed by atoms with van der Waals surface area (Å²) in [5.41, 5.74) is 14.8. The molecule has 306 valence electrons. The van der Waals surface area contributed by atoms with Crippen molar-refractivity contribution < 1.29 is 0 Å².